The van der Waals surface area contributed by atoms with E-state index in [4.69, 9.17) is 27.9 Å². The summed E-state index contributed by atoms with van der Waals surface area (Å²) >= 11 is 11.8. The molecule has 1 N–H and O–H groups in total. The average Bonchev–Trinajstić information content (AvgIpc) is 2.51. The van der Waals surface area contributed by atoms with Crippen LogP contribution in [0, 0.1) is 6.92 Å². The first-order valence-corrected chi connectivity index (χ1v) is 7.66. The number of esters is 1. The number of hydrogen-bond acceptors (Lipinski definition) is 3. The van der Waals surface area contributed by atoms with Crippen LogP contribution < -0.4 is 5.32 Å². The first kappa shape index (κ1) is 17.3. The minimum absolute atomic E-state index is 0.120. The Hall–Kier alpha value is -2.04. The summed E-state index contributed by atoms with van der Waals surface area (Å²) in [5.41, 5.74) is 1.83. The highest BCUT2D eigenvalue weighted by Crippen LogP contribution is 2.22. The minimum Gasteiger partial charge on any atom is -0.449 e. The van der Waals surface area contributed by atoms with E-state index in [2.05, 4.69) is 5.32 Å². The van der Waals surface area contributed by atoms with Gasteiger partial charge in [0.2, 0.25) is 0 Å². The maximum Gasteiger partial charge on any atom is 0.340 e. The smallest absolute Gasteiger partial charge is 0.340 e. The van der Waals surface area contributed by atoms with E-state index in [0.29, 0.717) is 10.7 Å². The quantitative estimate of drug-likeness (QED) is 0.825. The molecule has 0 unspecified atom stereocenters. The third kappa shape index (κ3) is 4.71. The van der Waals surface area contributed by atoms with Gasteiger partial charge in [-0.25, -0.2) is 4.79 Å². The summed E-state index contributed by atoms with van der Waals surface area (Å²) in [6, 6.07) is 11.8. The number of halogens is 2. The number of nitrogens with one attached hydrogen (secondary N) is 1. The van der Waals surface area contributed by atoms with Gasteiger partial charge in [0.1, 0.15) is 0 Å². The Morgan fingerprint density at radius 3 is 2.39 bits per heavy atom. The van der Waals surface area contributed by atoms with Gasteiger partial charge in [0.25, 0.3) is 5.91 Å². The predicted octanol–water partition coefficient (Wildman–Crippen LogP) is 4.49. The van der Waals surface area contributed by atoms with Gasteiger partial charge in [0, 0.05) is 10.7 Å². The number of amides is 1. The Bertz CT molecular complexity index is 729. The van der Waals surface area contributed by atoms with E-state index in [0.717, 1.165) is 5.56 Å². The minimum atomic E-state index is -0.973. The van der Waals surface area contributed by atoms with Gasteiger partial charge in [0.15, 0.2) is 6.10 Å². The molecule has 6 heteroatoms. The Kier molecular flexibility index (Phi) is 5.64. The number of carbonyl (C=O) groups is 2. The van der Waals surface area contributed by atoms with Crippen LogP contribution in [-0.2, 0) is 9.53 Å². The van der Waals surface area contributed by atoms with Crippen LogP contribution in [0.5, 0.6) is 0 Å². The number of ether oxygens (including phenoxy) is 1. The lowest BCUT2D eigenvalue weighted by Crippen LogP contribution is -2.30. The summed E-state index contributed by atoms with van der Waals surface area (Å²) in [5.74, 6) is -1.13. The van der Waals surface area contributed by atoms with E-state index in [9.17, 15) is 9.59 Å². The third-order valence-corrected chi connectivity index (χ3v) is 3.69. The fraction of sp³-hybridized carbons (Fsp3) is 0.176. The molecule has 0 fully saturated rings. The fourth-order valence-corrected chi connectivity index (χ4v) is 2.18. The molecular formula is C17H15Cl2NO3. The number of anilines is 1. The Balaban J connectivity index is 2.01. The number of carbonyl (C=O) groups excluding carboxylic acids is 2. The molecule has 0 spiro atoms. The summed E-state index contributed by atoms with van der Waals surface area (Å²) < 4.78 is 5.14. The fourth-order valence-electron chi connectivity index (χ4n) is 1.81. The van der Waals surface area contributed by atoms with Gasteiger partial charge in [-0.2, -0.15) is 0 Å². The van der Waals surface area contributed by atoms with Crippen LogP contribution in [0.2, 0.25) is 10.0 Å². The molecule has 0 aliphatic heterocycles. The molecule has 1 atom stereocenters. The second-order valence-electron chi connectivity index (χ2n) is 5.03. The van der Waals surface area contributed by atoms with Gasteiger partial charge in [-0.05, 0) is 44.2 Å². The van der Waals surface area contributed by atoms with Gasteiger partial charge < -0.3 is 10.1 Å². The number of aryl methyl sites for hydroxylation is 1. The molecule has 1 amide bonds. The van der Waals surface area contributed by atoms with Crippen molar-refractivity contribution in [2.45, 2.75) is 20.0 Å². The van der Waals surface area contributed by atoms with E-state index in [1.54, 1.807) is 18.2 Å². The molecule has 0 saturated heterocycles. The molecular weight excluding hydrogens is 337 g/mol. The van der Waals surface area contributed by atoms with Crippen molar-refractivity contribution in [2.75, 3.05) is 5.32 Å². The van der Waals surface area contributed by atoms with E-state index < -0.39 is 18.0 Å². The molecule has 0 aromatic heterocycles. The van der Waals surface area contributed by atoms with Crippen molar-refractivity contribution in [1.82, 2.24) is 0 Å². The standard InChI is InChI=1S/C17H15Cl2NO3/c1-10-3-6-13(7-4-10)20-16(21)11(2)23-17(22)14-9-12(18)5-8-15(14)19/h3-9,11H,1-2H3,(H,20,21)/t11-/m0/s1. The second-order valence-corrected chi connectivity index (χ2v) is 5.87. The lowest BCUT2D eigenvalue weighted by Gasteiger charge is -2.14. The summed E-state index contributed by atoms with van der Waals surface area (Å²) in [7, 11) is 0. The molecule has 120 valence electrons. The van der Waals surface area contributed by atoms with Crippen LogP contribution in [0.1, 0.15) is 22.8 Å². The van der Waals surface area contributed by atoms with Crippen molar-refractivity contribution < 1.29 is 14.3 Å². The maximum atomic E-state index is 12.1. The first-order chi connectivity index (χ1) is 10.9. The SMILES string of the molecule is Cc1ccc(NC(=O)[C@H](C)OC(=O)c2cc(Cl)ccc2Cl)cc1. The number of benzene rings is 2. The van der Waals surface area contributed by atoms with Crippen LogP contribution in [0.25, 0.3) is 0 Å². The first-order valence-electron chi connectivity index (χ1n) is 6.90. The molecule has 2 aromatic rings. The normalized spacial score (nSPS) is 11.7. The molecule has 2 aromatic carbocycles. The molecule has 2 rings (SSSR count). The Morgan fingerprint density at radius 1 is 1.09 bits per heavy atom. The highest BCUT2D eigenvalue weighted by molar-refractivity contribution is 6.35. The lowest BCUT2D eigenvalue weighted by atomic mass is 10.2. The Morgan fingerprint density at radius 2 is 1.74 bits per heavy atom. The maximum absolute atomic E-state index is 12.1. The largest absolute Gasteiger partial charge is 0.449 e. The van der Waals surface area contributed by atoms with Crippen LogP contribution in [0.15, 0.2) is 42.5 Å². The zero-order valence-corrected chi connectivity index (χ0v) is 14.1. The Labute approximate surface area is 144 Å². The molecule has 23 heavy (non-hydrogen) atoms. The van der Waals surface area contributed by atoms with E-state index in [-0.39, 0.29) is 10.6 Å². The molecule has 4 nitrogen and oxygen atoms in total. The van der Waals surface area contributed by atoms with Crippen molar-refractivity contribution in [3.8, 4) is 0 Å². The zero-order valence-electron chi connectivity index (χ0n) is 12.6. The van der Waals surface area contributed by atoms with Gasteiger partial charge in [-0.1, -0.05) is 40.9 Å². The van der Waals surface area contributed by atoms with Crippen molar-refractivity contribution >= 4 is 40.8 Å². The van der Waals surface area contributed by atoms with Crippen LogP contribution >= 0.6 is 23.2 Å². The van der Waals surface area contributed by atoms with Crippen LogP contribution in [-0.4, -0.2) is 18.0 Å². The monoisotopic (exact) mass is 351 g/mol. The summed E-state index contributed by atoms with van der Waals surface area (Å²) in [6.07, 6.45) is -0.973. The van der Waals surface area contributed by atoms with Gasteiger partial charge in [-0.15, -0.1) is 0 Å². The molecule has 0 aliphatic rings. The highest BCUT2D eigenvalue weighted by Gasteiger charge is 2.21. The van der Waals surface area contributed by atoms with Gasteiger partial charge >= 0.3 is 5.97 Å². The van der Waals surface area contributed by atoms with Crippen LogP contribution in [0.3, 0.4) is 0 Å². The van der Waals surface area contributed by atoms with Gasteiger partial charge in [-0.3, -0.25) is 4.79 Å². The predicted molar refractivity (Wildman–Crippen MR) is 91.1 cm³/mol. The topological polar surface area (TPSA) is 55.4 Å². The lowest BCUT2D eigenvalue weighted by molar-refractivity contribution is -0.123. The summed E-state index contributed by atoms with van der Waals surface area (Å²) in [6.45, 7) is 3.44. The van der Waals surface area contributed by atoms with Crippen molar-refractivity contribution in [1.29, 1.82) is 0 Å². The molecule has 0 bridgehead atoms. The molecule has 0 aliphatic carbocycles. The van der Waals surface area contributed by atoms with Crippen LogP contribution in [0.4, 0.5) is 5.69 Å². The van der Waals surface area contributed by atoms with Crippen molar-refractivity contribution in [2.24, 2.45) is 0 Å². The molecule has 0 saturated carbocycles. The van der Waals surface area contributed by atoms with E-state index >= 15 is 0 Å². The van der Waals surface area contributed by atoms with Crippen molar-refractivity contribution in [3.63, 3.8) is 0 Å². The third-order valence-electron chi connectivity index (χ3n) is 3.12. The van der Waals surface area contributed by atoms with E-state index in [1.807, 2.05) is 19.1 Å². The zero-order chi connectivity index (χ0) is 17.0. The second kappa shape index (κ2) is 7.49. The van der Waals surface area contributed by atoms with E-state index in [1.165, 1.54) is 19.1 Å². The van der Waals surface area contributed by atoms with Crippen molar-refractivity contribution in [3.05, 3.63) is 63.6 Å². The number of hydrogen-bond donors (Lipinski definition) is 1. The molecule has 0 radical (unpaired) electrons. The molecule has 0 heterocycles. The highest BCUT2D eigenvalue weighted by atomic mass is 35.5. The number of rotatable bonds is 4. The summed E-state index contributed by atoms with van der Waals surface area (Å²) in [5, 5.41) is 3.25. The summed E-state index contributed by atoms with van der Waals surface area (Å²) in [4.78, 5) is 24.2. The van der Waals surface area contributed by atoms with Gasteiger partial charge in [0.05, 0.1) is 10.6 Å². The average molecular weight is 352 g/mol.